The topological polar surface area (TPSA) is 78.2 Å². The van der Waals surface area contributed by atoms with E-state index in [0.717, 1.165) is 44.4 Å². The molecule has 2 rings (SSSR count). The van der Waals surface area contributed by atoms with Crippen LogP contribution >= 0.6 is 24.0 Å². The maximum atomic E-state index is 12.5. The molecule has 2 heterocycles. The first-order valence-electron chi connectivity index (χ1n) is 8.47. The van der Waals surface area contributed by atoms with Crippen molar-refractivity contribution in [3.05, 3.63) is 12.4 Å². The molecule has 10 heteroatoms. The summed E-state index contributed by atoms with van der Waals surface area (Å²) in [7, 11) is 7.35. The van der Waals surface area contributed by atoms with Gasteiger partial charge >= 0.3 is 0 Å². The lowest BCUT2D eigenvalue weighted by Gasteiger charge is -2.35. The highest BCUT2D eigenvalue weighted by atomic mass is 127. The Kier molecular flexibility index (Phi) is 9.88. The summed E-state index contributed by atoms with van der Waals surface area (Å²) in [5, 5.41) is 7.47. The molecule has 9 nitrogen and oxygen atoms in total. The SMILES string of the molecule is CN=C(NCCN(C)CCOC)N1CCN(c2cnn(C)c2)C(=O)C1.I. The van der Waals surface area contributed by atoms with Gasteiger partial charge in [-0.1, -0.05) is 0 Å². The number of methoxy groups -OCH3 is 1. The van der Waals surface area contributed by atoms with E-state index in [1.54, 1.807) is 29.9 Å². The molecule has 0 aliphatic carbocycles. The summed E-state index contributed by atoms with van der Waals surface area (Å²) in [5.74, 6) is 0.818. The number of anilines is 1. The molecule has 1 aromatic heterocycles. The zero-order valence-electron chi connectivity index (χ0n) is 16.0. The van der Waals surface area contributed by atoms with Crippen molar-refractivity contribution >= 4 is 41.5 Å². The Morgan fingerprint density at radius 3 is 2.77 bits per heavy atom. The Labute approximate surface area is 172 Å². The molecule has 0 radical (unpaired) electrons. The van der Waals surface area contributed by atoms with Crippen molar-refractivity contribution in [2.45, 2.75) is 0 Å². The van der Waals surface area contributed by atoms with Gasteiger partial charge in [-0.25, -0.2) is 0 Å². The monoisotopic (exact) mass is 479 g/mol. The molecule has 1 amide bonds. The number of amides is 1. The van der Waals surface area contributed by atoms with E-state index in [9.17, 15) is 4.79 Å². The van der Waals surface area contributed by atoms with Gasteiger partial charge in [0.25, 0.3) is 0 Å². The van der Waals surface area contributed by atoms with E-state index >= 15 is 0 Å². The number of carbonyl (C=O) groups excluding carboxylic acids is 1. The number of hydrogen-bond acceptors (Lipinski definition) is 5. The van der Waals surface area contributed by atoms with Crippen LogP contribution in [0, 0.1) is 0 Å². The molecule has 0 spiro atoms. The molecule has 26 heavy (non-hydrogen) atoms. The molecule has 148 valence electrons. The molecule has 0 aromatic carbocycles. The number of ether oxygens (including phenoxy) is 1. The van der Waals surface area contributed by atoms with Gasteiger partial charge in [-0.2, -0.15) is 5.10 Å². The minimum atomic E-state index is 0. The maximum Gasteiger partial charge on any atom is 0.246 e. The van der Waals surface area contributed by atoms with Crippen LogP contribution in [-0.4, -0.2) is 98.5 Å². The summed E-state index contributed by atoms with van der Waals surface area (Å²) in [4.78, 5) is 22.7. The third-order valence-corrected chi connectivity index (χ3v) is 4.19. The number of aromatic nitrogens is 2. The normalized spacial score (nSPS) is 15.4. The van der Waals surface area contributed by atoms with E-state index in [2.05, 4.69) is 27.4 Å². The second-order valence-electron chi connectivity index (χ2n) is 6.11. The van der Waals surface area contributed by atoms with Gasteiger partial charge in [-0.3, -0.25) is 14.5 Å². The molecule has 1 N–H and O–H groups in total. The standard InChI is InChI=1S/C16H29N7O2.HI/c1-17-16(18-5-6-20(2)9-10-25-4)22-7-8-23(15(24)13-22)14-11-19-21(3)12-14;/h11-12H,5-10,13H2,1-4H3,(H,17,18);1H. The van der Waals surface area contributed by atoms with Crippen LogP contribution in [0.3, 0.4) is 0 Å². The number of nitrogens with zero attached hydrogens (tertiary/aromatic N) is 6. The number of guanidine groups is 1. The summed E-state index contributed by atoms with van der Waals surface area (Å²) in [5.41, 5.74) is 0.842. The van der Waals surface area contributed by atoms with Crippen LogP contribution in [0.4, 0.5) is 5.69 Å². The number of piperazine rings is 1. The quantitative estimate of drug-likeness (QED) is 0.333. The summed E-state index contributed by atoms with van der Waals surface area (Å²) < 4.78 is 6.78. The van der Waals surface area contributed by atoms with Gasteiger partial charge in [0.15, 0.2) is 5.96 Å². The molecule has 1 saturated heterocycles. The third kappa shape index (κ3) is 6.40. The predicted octanol–water partition coefficient (Wildman–Crippen LogP) is -0.160. The number of likely N-dealkylation sites (N-methyl/N-ethyl adjacent to an activating group) is 1. The van der Waals surface area contributed by atoms with Crippen molar-refractivity contribution in [1.82, 2.24) is 24.9 Å². The predicted molar refractivity (Wildman–Crippen MR) is 113 cm³/mol. The Bertz CT molecular complexity index is 593. The fourth-order valence-corrected chi connectivity index (χ4v) is 2.72. The first-order valence-corrected chi connectivity index (χ1v) is 8.47. The van der Waals surface area contributed by atoms with Crippen molar-refractivity contribution < 1.29 is 9.53 Å². The van der Waals surface area contributed by atoms with Crippen molar-refractivity contribution in [2.75, 3.05) is 72.0 Å². The van der Waals surface area contributed by atoms with Crippen molar-refractivity contribution in [2.24, 2.45) is 12.0 Å². The molecule has 1 fully saturated rings. The molecule has 1 aliphatic rings. The number of aryl methyl sites for hydroxylation is 1. The van der Waals surface area contributed by atoms with Gasteiger partial charge in [-0.15, -0.1) is 24.0 Å². The van der Waals surface area contributed by atoms with Crippen LogP contribution in [0.15, 0.2) is 17.4 Å². The fourth-order valence-electron chi connectivity index (χ4n) is 2.72. The first-order chi connectivity index (χ1) is 12.0. The number of carbonyl (C=O) groups is 1. The Morgan fingerprint density at radius 2 is 2.19 bits per heavy atom. The zero-order valence-corrected chi connectivity index (χ0v) is 18.3. The van der Waals surface area contributed by atoms with Crippen LogP contribution in [0.5, 0.6) is 0 Å². The number of nitrogens with one attached hydrogen (secondary N) is 1. The second kappa shape index (κ2) is 11.3. The maximum absolute atomic E-state index is 12.5. The average Bonchev–Trinajstić information content (AvgIpc) is 3.03. The highest BCUT2D eigenvalue weighted by Gasteiger charge is 2.27. The van der Waals surface area contributed by atoms with Crippen LogP contribution < -0.4 is 10.2 Å². The third-order valence-electron chi connectivity index (χ3n) is 4.19. The molecule has 0 unspecified atom stereocenters. The number of halogens is 1. The highest BCUT2D eigenvalue weighted by Crippen LogP contribution is 2.15. The Morgan fingerprint density at radius 1 is 1.42 bits per heavy atom. The summed E-state index contributed by atoms with van der Waals surface area (Å²) >= 11 is 0. The van der Waals surface area contributed by atoms with E-state index < -0.39 is 0 Å². The summed E-state index contributed by atoms with van der Waals surface area (Å²) in [6.07, 6.45) is 3.58. The molecule has 0 saturated carbocycles. The molecule has 0 atom stereocenters. The lowest BCUT2D eigenvalue weighted by atomic mass is 10.3. The van der Waals surface area contributed by atoms with Crippen LogP contribution in [0.25, 0.3) is 0 Å². The van der Waals surface area contributed by atoms with E-state index in [4.69, 9.17) is 4.74 Å². The summed E-state index contributed by atoms with van der Waals surface area (Å²) in [6, 6.07) is 0. The van der Waals surface area contributed by atoms with Gasteiger partial charge in [0.1, 0.15) is 6.54 Å². The van der Waals surface area contributed by atoms with E-state index in [0.29, 0.717) is 13.1 Å². The van der Waals surface area contributed by atoms with Gasteiger partial charge in [-0.05, 0) is 7.05 Å². The summed E-state index contributed by atoms with van der Waals surface area (Å²) in [6.45, 7) is 4.93. The molecule has 0 bridgehead atoms. The number of hydrogen-bond donors (Lipinski definition) is 1. The largest absolute Gasteiger partial charge is 0.383 e. The Balaban J connectivity index is 0.00000338. The van der Waals surface area contributed by atoms with Gasteiger partial charge in [0.2, 0.25) is 5.91 Å². The second-order valence-corrected chi connectivity index (χ2v) is 6.11. The highest BCUT2D eigenvalue weighted by molar-refractivity contribution is 14.0. The van der Waals surface area contributed by atoms with E-state index in [-0.39, 0.29) is 29.9 Å². The number of rotatable bonds is 7. The van der Waals surface area contributed by atoms with Crippen molar-refractivity contribution in [3.63, 3.8) is 0 Å². The van der Waals surface area contributed by atoms with Crippen LogP contribution in [-0.2, 0) is 16.6 Å². The lowest BCUT2D eigenvalue weighted by molar-refractivity contribution is -0.120. The van der Waals surface area contributed by atoms with E-state index in [1.807, 2.05) is 18.1 Å². The van der Waals surface area contributed by atoms with Gasteiger partial charge in [0, 0.05) is 60.1 Å². The molecule has 1 aromatic rings. The number of aliphatic imine (C=N–C) groups is 1. The lowest BCUT2D eigenvalue weighted by Crippen LogP contribution is -2.55. The first kappa shape index (κ1) is 22.6. The molecular formula is C16H30IN7O2. The smallest absolute Gasteiger partial charge is 0.246 e. The van der Waals surface area contributed by atoms with Gasteiger partial charge in [0.05, 0.1) is 18.5 Å². The average molecular weight is 479 g/mol. The van der Waals surface area contributed by atoms with Crippen molar-refractivity contribution in [3.8, 4) is 0 Å². The van der Waals surface area contributed by atoms with Crippen LogP contribution in [0.2, 0.25) is 0 Å². The minimum absolute atomic E-state index is 0. The van der Waals surface area contributed by atoms with Crippen molar-refractivity contribution in [1.29, 1.82) is 0 Å². The zero-order chi connectivity index (χ0) is 18.2. The molecule has 1 aliphatic heterocycles. The molecular weight excluding hydrogens is 449 g/mol. The minimum Gasteiger partial charge on any atom is -0.383 e. The fraction of sp³-hybridized carbons (Fsp3) is 0.688. The van der Waals surface area contributed by atoms with Gasteiger partial charge < -0.3 is 24.8 Å². The van der Waals surface area contributed by atoms with Crippen LogP contribution in [0.1, 0.15) is 0 Å². The van der Waals surface area contributed by atoms with E-state index in [1.165, 1.54) is 0 Å². The Hall–Kier alpha value is -1.40.